The van der Waals surface area contributed by atoms with E-state index in [1.807, 2.05) is 0 Å². The van der Waals surface area contributed by atoms with Crippen molar-refractivity contribution in [1.29, 1.82) is 0 Å². The van der Waals surface area contributed by atoms with Crippen molar-refractivity contribution in [3.05, 3.63) is 69.6 Å². The van der Waals surface area contributed by atoms with Crippen molar-refractivity contribution in [3.8, 4) is 0 Å². The number of nitrogens with one attached hydrogen (secondary N) is 2. The molecular weight excluding hydrogens is 595 g/mol. The number of nitrogens with zero attached hydrogens (tertiary/aromatic N) is 1. The maximum atomic E-state index is 14.3. The fraction of sp³-hybridized carbons (Fsp3) is 0.485. The van der Waals surface area contributed by atoms with Crippen LogP contribution in [-0.4, -0.2) is 39.3 Å². The number of carboxylic acid groups (broad SMARTS) is 1. The molecule has 0 aliphatic carbocycles. The Hall–Kier alpha value is -3.53. The number of carboxylic acids is 1. The van der Waals surface area contributed by atoms with Crippen LogP contribution >= 0.6 is 11.6 Å². The monoisotopic (exact) mass is 633 g/mol. The first kappa shape index (κ1) is 33.4. The number of benzene rings is 2. The van der Waals surface area contributed by atoms with E-state index in [1.54, 1.807) is 12.1 Å². The average Bonchev–Trinajstić information content (AvgIpc) is 3.35. The number of carbonyl (C=O) groups is 3. The molecule has 0 spiro atoms. The Bertz CT molecular complexity index is 1450. The minimum atomic E-state index is -1.65. The molecule has 7 nitrogen and oxygen atoms in total. The van der Waals surface area contributed by atoms with Gasteiger partial charge in [-0.2, -0.15) is 0 Å². The van der Waals surface area contributed by atoms with Gasteiger partial charge in [0.1, 0.15) is 11.7 Å². The Morgan fingerprint density at radius 2 is 1.43 bits per heavy atom. The number of aromatic amines is 1. The standard InChI is InChI=1S/C33H39ClF3N3O4/c34-22-14-15-23-26(19-22)39-30(33(43)44)28(23)31-32(42)38-16-12-10-8-6-4-2-1-3-5-7-9-11-13-27(41)40(31)20-21-17-24(35)29(37)25(36)18-21/h14-15,17-19,31,39H,1-13,16,20H2,(H,38,42)(H,43,44). The molecule has 1 unspecified atom stereocenters. The van der Waals surface area contributed by atoms with Crippen molar-refractivity contribution in [3.63, 3.8) is 0 Å². The molecule has 4 rings (SSSR count). The Balaban J connectivity index is 1.79. The van der Waals surface area contributed by atoms with Crippen molar-refractivity contribution in [2.75, 3.05) is 6.54 Å². The fourth-order valence-electron chi connectivity index (χ4n) is 5.91. The van der Waals surface area contributed by atoms with E-state index >= 15 is 0 Å². The summed E-state index contributed by atoms with van der Waals surface area (Å²) >= 11 is 6.17. The Labute approximate surface area is 260 Å². The highest BCUT2D eigenvalue weighted by Crippen LogP contribution is 2.35. The first-order chi connectivity index (χ1) is 21.2. The first-order valence-corrected chi connectivity index (χ1v) is 15.8. The van der Waals surface area contributed by atoms with Gasteiger partial charge >= 0.3 is 5.97 Å². The molecule has 1 aliphatic rings. The molecule has 1 aliphatic heterocycles. The number of carbonyl (C=O) groups excluding carboxylic acids is 2. The molecule has 2 heterocycles. The van der Waals surface area contributed by atoms with Crippen LogP contribution in [0.5, 0.6) is 0 Å². The van der Waals surface area contributed by atoms with Crippen molar-refractivity contribution in [1.82, 2.24) is 15.2 Å². The second kappa shape index (κ2) is 16.0. The quantitative estimate of drug-likeness (QED) is 0.252. The van der Waals surface area contributed by atoms with Gasteiger partial charge in [-0.15, -0.1) is 0 Å². The Morgan fingerprint density at radius 1 is 0.864 bits per heavy atom. The summed E-state index contributed by atoms with van der Waals surface area (Å²) in [5.41, 5.74) is -0.00997. The van der Waals surface area contributed by atoms with E-state index in [2.05, 4.69) is 10.3 Å². The van der Waals surface area contributed by atoms with Gasteiger partial charge in [-0.1, -0.05) is 81.9 Å². The number of fused-ring (bicyclic) bond motifs is 1. The van der Waals surface area contributed by atoms with Crippen LogP contribution in [-0.2, 0) is 16.1 Å². The third-order valence-electron chi connectivity index (χ3n) is 8.18. The van der Waals surface area contributed by atoms with Crippen LogP contribution in [0.4, 0.5) is 13.2 Å². The Morgan fingerprint density at radius 3 is 2.02 bits per heavy atom. The minimum absolute atomic E-state index is 0.0314. The molecule has 0 bridgehead atoms. The lowest BCUT2D eigenvalue weighted by Crippen LogP contribution is -2.44. The van der Waals surface area contributed by atoms with Crippen LogP contribution in [0, 0.1) is 17.5 Å². The molecule has 1 saturated heterocycles. The number of aromatic nitrogens is 1. The molecule has 11 heteroatoms. The maximum absolute atomic E-state index is 14.3. The van der Waals surface area contributed by atoms with Crippen molar-refractivity contribution < 1.29 is 32.7 Å². The third kappa shape index (κ3) is 8.55. The van der Waals surface area contributed by atoms with Crippen LogP contribution in [0.3, 0.4) is 0 Å². The van der Waals surface area contributed by atoms with E-state index in [0.717, 1.165) is 62.0 Å². The van der Waals surface area contributed by atoms with Gasteiger partial charge in [0.25, 0.3) is 0 Å². The predicted molar refractivity (Wildman–Crippen MR) is 163 cm³/mol. The number of H-pyrrole nitrogens is 1. The summed E-state index contributed by atoms with van der Waals surface area (Å²) in [6.45, 7) is -0.155. The van der Waals surface area contributed by atoms with Crippen LogP contribution in [0.1, 0.15) is 111 Å². The van der Waals surface area contributed by atoms with Gasteiger partial charge in [0.05, 0.1) is 0 Å². The molecule has 0 radical (unpaired) electrons. The molecule has 3 aromatic rings. The molecule has 44 heavy (non-hydrogen) atoms. The molecule has 2 amide bonds. The number of hydrogen-bond acceptors (Lipinski definition) is 3. The van der Waals surface area contributed by atoms with Crippen LogP contribution < -0.4 is 5.32 Å². The van der Waals surface area contributed by atoms with Crippen molar-refractivity contribution in [2.45, 2.75) is 96.1 Å². The number of rotatable bonds is 4. The predicted octanol–water partition coefficient (Wildman–Crippen LogP) is 8.21. The number of halogens is 4. The SMILES string of the molecule is O=C(O)c1[nH]c2cc(Cl)ccc2c1C1C(=O)NCCCCCCCCCCCCCCC(=O)N1Cc1cc(F)c(F)c(F)c1. The summed E-state index contributed by atoms with van der Waals surface area (Å²) in [5, 5.41) is 13.7. The highest BCUT2D eigenvalue weighted by Gasteiger charge is 2.37. The summed E-state index contributed by atoms with van der Waals surface area (Å²) in [6.07, 6.45) is 11.7. The highest BCUT2D eigenvalue weighted by atomic mass is 35.5. The van der Waals surface area contributed by atoms with E-state index in [1.165, 1.54) is 25.3 Å². The van der Waals surface area contributed by atoms with Gasteiger partial charge in [0.15, 0.2) is 17.5 Å². The zero-order valence-electron chi connectivity index (χ0n) is 24.7. The van der Waals surface area contributed by atoms with Crippen LogP contribution in [0.2, 0.25) is 5.02 Å². The van der Waals surface area contributed by atoms with E-state index in [9.17, 15) is 32.7 Å². The van der Waals surface area contributed by atoms with Crippen molar-refractivity contribution in [2.24, 2.45) is 0 Å². The van der Waals surface area contributed by atoms with E-state index in [0.29, 0.717) is 35.3 Å². The zero-order valence-corrected chi connectivity index (χ0v) is 25.5. The summed E-state index contributed by atoms with van der Waals surface area (Å²) in [5.74, 6) is -6.99. The Kier molecular flexibility index (Phi) is 12.1. The lowest BCUT2D eigenvalue weighted by Gasteiger charge is -2.32. The molecule has 238 valence electrons. The van der Waals surface area contributed by atoms with Gasteiger partial charge in [0, 0.05) is 41.0 Å². The minimum Gasteiger partial charge on any atom is -0.477 e. The molecular formula is C33H39ClF3N3O4. The summed E-state index contributed by atoms with van der Waals surface area (Å²) < 4.78 is 42.4. The molecule has 1 fully saturated rings. The number of aromatic carboxylic acids is 1. The first-order valence-electron chi connectivity index (χ1n) is 15.4. The fourth-order valence-corrected chi connectivity index (χ4v) is 6.08. The number of amides is 2. The van der Waals surface area contributed by atoms with Gasteiger partial charge in [-0.25, -0.2) is 18.0 Å². The smallest absolute Gasteiger partial charge is 0.352 e. The lowest BCUT2D eigenvalue weighted by atomic mass is 9.98. The molecule has 0 saturated carbocycles. The van der Waals surface area contributed by atoms with Gasteiger partial charge in [0.2, 0.25) is 11.8 Å². The van der Waals surface area contributed by atoms with E-state index < -0.39 is 47.8 Å². The highest BCUT2D eigenvalue weighted by molar-refractivity contribution is 6.31. The second-order valence-corrected chi connectivity index (χ2v) is 11.9. The summed E-state index contributed by atoms with van der Waals surface area (Å²) in [4.78, 5) is 44.4. The van der Waals surface area contributed by atoms with E-state index in [4.69, 9.17) is 11.6 Å². The average molecular weight is 634 g/mol. The lowest BCUT2D eigenvalue weighted by molar-refractivity contribution is -0.141. The van der Waals surface area contributed by atoms with Crippen LogP contribution in [0.15, 0.2) is 30.3 Å². The van der Waals surface area contributed by atoms with Gasteiger partial charge in [-0.05, 0) is 42.7 Å². The van der Waals surface area contributed by atoms with Crippen LogP contribution in [0.25, 0.3) is 10.9 Å². The molecule has 2 aromatic carbocycles. The van der Waals surface area contributed by atoms with E-state index in [-0.39, 0.29) is 23.2 Å². The largest absolute Gasteiger partial charge is 0.477 e. The molecule has 1 aromatic heterocycles. The zero-order chi connectivity index (χ0) is 31.6. The molecule has 3 N–H and O–H groups in total. The molecule has 1 atom stereocenters. The van der Waals surface area contributed by atoms with Gasteiger partial charge < -0.3 is 20.3 Å². The van der Waals surface area contributed by atoms with Crippen molar-refractivity contribution >= 4 is 40.3 Å². The number of hydrogen-bond donors (Lipinski definition) is 3. The topological polar surface area (TPSA) is 102 Å². The third-order valence-corrected chi connectivity index (χ3v) is 8.42. The summed E-state index contributed by atoms with van der Waals surface area (Å²) in [6, 6.07) is 4.72. The second-order valence-electron chi connectivity index (χ2n) is 11.5. The normalized spacial score (nSPS) is 18.8. The van der Waals surface area contributed by atoms with Gasteiger partial charge in [-0.3, -0.25) is 9.59 Å². The maximum Gasteiger partial charge on any atom is 0.352 e. The summed E-state index contributed by atoms with van der Waals surface area (Å²) in [7, 11) is 0.